The van der Waals surface area contributed by atoms with E-state index in [9.17, 15) is 4.79 Å². The molecular formula is C17H24N4O2. The molecule has 2 unspecified atom stereocenters. The molecule has 3 rings (SSSR count). The van der Waals surface area contributed by atoms with E-state index in [2.05, 4.69) is 22.7 Å². The molecule has 1 aliphatic heterocycles. The van der Waals surface area contributed by atoms with E-state index >= 15 is 0 Å². The predicted molar refractivity (Wildman–Crippen MR) is 87.9 cm³/mol. The fraction of sp³-hybridized carbons (Fsp3) is 0.529. The lowest BCUT2D eigenvalue weighted by molar-refractivity contribution is 0.0914. The summed E-state index contributed by atoms with van der Waals surface area (Å²) < 4.78 is 7.11. The third-order valence-electron chi connectivity index (χ3n) is 4.66. The maximum absolute atomic E-state index is 12.7. The highest BCUT2D eigenvalue weighted by Crippen LogP contribution is 2.21. The van der Waals surface area contributed by atoms with E-state index in [0.717, 1.165) is 36.7 Å². The minimum atomic E-state index is -0.0230. The first-order valence-electron chi connectivity index (χ1n) is 8.11. The van der Waals surface area contributed by atoms with Crippen LogP contribution < -0.4 is 10.6 Å². The van der Waals surface area contributed by atoms with Crippen LogP contribution >= 0.6 is 0 Å². The van der Waals surface area contributed by atoms with Gasteiger partial charge < -0.3 is 15.2 Å². The maximum atomic E-state index is 12.7. The van der Waals surface area contributed by atoms with Crippen molar-refractivity contribution >= 4 is 5.91 Å². The molecule has 23 heavy (non-hydrogen) atoms. The molecule has 1 amide bonds. The summed E-state index contributed by atoms with van der Waals surface area (Å²) in [5.41, 5.74) is 2.54. The summed E-state index contributed by atoms with van der Waals surface area (Å²) in [7, 11) is 0. The second-order valence-electron chi connectivity index (χ2n) is 6.47. The Bertz CT molecular complexity index is 716. The number of nitrogens with zero attached hydrogens (tertiary/aromatic N) is 2. The molecule has 3 heterocycles. The molecule has 2 N–H and O–H groups in total. The summed E-state index contributed by atoms with van der Waals surface area (Å²) in [6, 6.07) is 3.96. The molecule has 0 bridgehead atoms. The summed E-state index contributed by atoms with van der Waals surface area (Å²) in [6.45, 7) is 9.80. The summed E-state index contributed by atoms with van der Waals surface area (Å²) in [6.07, 6.45) is 1.09. The predicted octanol–water partition coefficient (Wildman–Crippen LogP) is 2.12. The van der Waals surface area contributed by atoms with Gasteiger partial charge in [0.05, 0.1) is 5.56 Å². The summed E-state index contributed by atoms with van der Waals surface area (Å²) in [4.78, 5) is 12.7. The van der Waals surface area contributed by atoms with E-state index in [4.69, 9.17) is 4.52 Å². The second kappa shape index (κ2) is 6.20. The lowest BCUT2D eigenvalue weighted by atomic mass is 9.94. The Balaban J connectivity index is 1.84. The van der Waals surface area contributed by atoms with Gasteiger partial charge in [0, 0.05) is 30.0 Å². The quantitative estimate of drug-likeness (QED) is 0.910. The zero-order valence-electron chi connectivity index (χ0n) is 14.1. The molecule has 1 saturated heterocycles. The zero-order chi connectivity index (χ0) is 16.6. The van der Waals surface area contributed by atoms with Crippen LogP contribution in [0.2, 0.25) is 0 Å². The molecule has 2 atom stereocenters. The van der Waals surface area contributed by atoms with Crippen molar-refractivity contribution in [2.75, 3.05) is 13.1 Å². The van der Waals surface area contributed by atoms with E-state index in [0.29, 0.717) is 17.3 Å². The van der Waals surface area contributed by atoms with Crippen molar-refractivity contribution in [1.29, 1.82) is 0 Å². The third-order valence-corrected chi connectivity index (χ3v) is 4.66. The van der Waals surface area contributed by atoms with E-state index in [-0.39, 0.29) is 11.9 Å². The van der Waals surface area contributed by atoms with Crippen LogP contribution in [0.3, 0.4) is 0 Å². The number of carbonyl (C=O) groups excluding carboxylic acids is 1. The molecule has 124 valence electrons. The Morgan fingerprint density at radius 3 is 2.83 bits per heavy atom. The number of amides is 1. The van der Waals surface area contributed by atoms with Gasteiger partial charge in [-0.3, -0.25) is 9.36 Å². The fourth-order valence-electron chi connectivity index (χ4n) is 3.23. The van der Waals surface area contributed by atoms with Crippen molar-refractivity contribution in [1.82, 2.24) is 20.4 Å². The monoisotopic (exact) mass is 316 g/mol. The van der Waals surface area contributed by atoms with Gasteiger partial charge >= 0.3 is 0 Å². The smallest absolute Gasteiger partial charge is 0.253 e. The summed E-state index contributed by atoms with van der Waals surface area (Å²) in [5, 5.41) is 10.6. The van der Waals surface area contributed by atoms with Gasteiger partial charge in [-0.2, -0.15) is 0 Å². The maximum Gasteiger partial charge on any atom is 0.253 e. The first-order valence-corrected chi connectivity index (χ1v) is 8.11. The topological polar surface area (TPSA) is 72.1 Å². The Labute approximate surface area is 136 Å². The Hall–Kier alpha value is -2.08. The van der Waals surface area contributed by atoms with E-state index in [1.165, 1.54) is 0 Å². The van der Waals surface area contributed by atoms with E-state index < -0.39 is 0 Å². The Morgan fingerprint density at radius 2 is 2.17 bits per heavy atom. The molecule has 0 radical (unpaired) electrons. The minimum Gasteiger partial charge on any atom is -0.360 e. The van der Waals surface area contributed by atoms with E-state index in [1.807, 2.05) is 37.5 Å². The number of rotatable bonds is 3. The normalized spacial score (nSPS) is 21.4. The highest BCUT2D eigenvalue weighted by atomic mass is 16.5. The van der Waals surface area contributed by atoms with Crippen LogP contribution in [0.5, 0.6) is 0 Å². The van der Waals surface area contributed by atoms with Gasteiger partial charge in [-0.1, -0.05) is 12.1 Å². The fourth-order valence-corrected chi connectivity index (χ4v) is 3.23. The number of carbonyl (C=O) groups is 1. The van der Waals surface area contributed by atoms with Crippen molar-refractivity contribution < 1.29 is 9.32 Å². The lowest BCUT2D eigenvalue weighted by Gasteiger charge is -2.30. The largest absolute Gasteiger partial charge is 0.360 e. The molecule has 1 aliphatic rings. The van der Waals surface area contributed by atoms with Gasteiger partial charge in [0.15, 0.2) is 5.82 Å². The molecule has 2 aromatic heterocycles. The van der Waals surface area contributed by atoms with Gasteiger partial charge in [0.2, 0.25) is 0 Å². The van der Waals surface area contributed by atoms with Crippen LogP contribution in [0.1, 0.15) is 40.9 Å². The number of hydrogen-bond acceptors (Lipinski definition) is 4. The minimum absolute atomic E-state index is 0.0230. The number of nitrogens with one attached hydrogen (secondary N) is 2. The SMILES string of the molecule is Cc1cc(-n2c(C)cc(C(=O)NC3CNCCC3C)c2C)no1. The number of piperidine rings is 1. The average Bonchev–Trinajstić information content (AvgIpc) is 3.05. The number of aromatic nitrogens is 2. The van der Waals surface area contributed by atoms with Crippen LogP contribution in [0.25, 0.3) is 5.82 Å². The van der Waals surface area contributed by atoms with Gasteiger partial charge in [-0.15, -0.1) is 0 Å². The molecule has 0 aromatic carbocycles. The molecule has 6 nitrogen and oxygen atoms in total. The van der Waals surface area contributed by atoms with Crippen molar-refractivity contribution in [3.8, 4) is 5.82 Å². The Kier molecular flexibility index (Phi) is 4.26. The van der Waals surface area contributed by atoms with E-state index in [1.54, 1.807) is 0 Å². The van der Waals surface area contributed by atoms with Crippen molar-refractivity contribution in [3.63, 3.8) is 0 Å². The average molecular weight is 316 g/mol. The highest BCUT2D eigenvalue weighted by Gasteiger charge is 2.25. The number of aryl methyl sites for hydroxylation is 2. The molecule has 6 heteroatoms. The van der Waals surface area contributed by atoms with Gasteiger partial charge in [0.25, 0.3) is 5.91 Å². The number of hydrogen-bond donors (Lipinski definition) is 2. The van der Waals surface area contributed by atoms with Crippen molar-refractivity contribution in [2.24, 2.45) is 5.92 Å². The van der Waals surface area contributed by atoms with Gasteiger partial charge in [-0.05, 0) is 45.7 Å². The third kappa shape index (κ3) is 3.03. The van der Waals surface area contributed by atoms with Crippen molar-refractivity contribution in [3.05, 3.63) is 34.8 Å². The Morgan fingerprint density at radius 1 is 1.39 bits per heavy atom. The molecular weight excluding hydrogens is 292 g/mol. The zero-order valence-corrected chi connectivity index (χ0v) is 14.1. The molecule has 0 spiro atoms. The molecule has 0 aliphatic carbocycles. The molecule has 0 saturated carbocycles. The van der Waals surface area contributed by atoms with Crippen LogP contribution in [0.4, 0.5) is 0 Å². The van der Waals surface area contributed by atoms with Gasteiger partial charge in [-0.25, -0.2) is 0 Å². The summed E-state index contributed by atoms with van der Waals surface area (Å²) in [5.74, 6) is 1.93. The highest BCUT2D eigenvalue weighted by molar-refractivity contribution is 5.96. The van der Waals surface area contributed by atoms with Crippen LogP contribution in [-0.2, 0) is 0 Å². The van der Waals surface area contributed by atoms with Crippen LogP contribution in [0.15, 0.2) is 16.7 Å². The first kappa shape index (κ1) is 15.8. The van der Waals surface area contributed by atoms with Crippen LogP contribution in [0, 0.1) is 26.7 Å². The van der Waals surface area contributed by atoms with Crippen LogP contribution in [-0.4, -0.2) is 34.8 Å². The molecule has 1 fully saturated rings. The van der Waals surface area contributed by atoms with Crippen molar-refractivity contribution in [2.45, 2.75) is 40.2 Å². The second-order valence-corrected chi connectivity index (χ2v) is 6.47. The first-order chi connectivity index (χ1) is 11.0. The molecule has 2 aromatic rings. The lowest BCUT2D eigenvalue weighted by Crippen LogP contribution is -2.50. The summed E-state index contributed by atoms with van der Waals surface area (Å²) >= 11 is 0. The van der Waals surface area contributed by atoms with Gasteiger partial charge in [0.1, 0.15) is 5.76 Å². The standard InChI is InChI=1S/C17H24N4O2/c1-10-5-6-18-9-15(10)19-17(22)14-7-11(2)21(13(14)4)16-8-12(3)23-20-16/h7-8,10,15,18H,5-6,9H2,1-4H3,(H,19,22).